The van der Waals surface area contributed by atoms with E-state index in [1.165, 1.54) is 0 Å². The summed E-state index contributed by atoms with van der Waals surface area (Å²) < 4.78 is 1.78. The SMILES string of the molecule is CCC(O)(CN)C1CCN(Cl)CC1. The molecule has 1 aliphatic rings. The van der Waals surface area contributed by atoms with E-state index in [1.807, 2.05) is 6.92 Å². The van der Waals surface area contributed by atoms with E-state index >= 15 is 0 Å². The zero-order chi connectivity index (χ0) is 9.90. The molecule has 1 rings (SSSR count). The molecular formula is C9H19ClN2O. The average Bonchev–Trinajstić information content (AvgIpc) is 2.18. The lowest BCUT2D eigenvalue weighted by Crippen LogP contribution is -2.48. The molecule has 0 aromatic carbocycles. The van der Waals surface area contributed by atoms with Gasteiger partial charge in [0.25, 0.3) is 0 Å². The van der Waals surface area contributed by atoms with Crippen molar-refractivity contribution >= 4 is 11.8 Å². The van der Waals surface area contributed by atoms with E-state index in [2.05, 4.69) is 0 Å². The summed E-state index contributed by atoms with van der Waals surface area (Å²) in [4.78, 5) is 0. The Morgan fingerprint density at radius 3 is 2.46 bits per heavy atom. The Morgan fingerprint density at radius 1 is 1.54 bits per heavy atom. The van der Waals surface area contributed by atoms with Crippen LogP contribution in [-0.2, 0) is 0 Å². The molecule has 3 N–H and O–H groups in total. The molecule has 0 spiro atoms. The van der Waals surface area contributed by atoms with Crippen molar-refractivity contribution in [3.8, 4) is 0 Å². The van der Waals surface area contributed by atoms with Gasteiger partial charge in [-0.15, -0.1) is 0 Å². The van der Waals surface area contributed by atoms with E-state index in [-0.39, 0.29) is 0 Å². The van der Waals surface area contributed by atoms with Crippen molar-refractivity contribution in [2.75, 3.05) is 19.6 Å². The predicted octanol–water partition coefficient (Wildman–Crippen LogP) is 0.952. The molecule has 0 bridgehead atoms. The third kappa shape index (κ3) is 2.56. The van der Waals surface area contributed by atoms with Crippen LogP contribution in [0.4, 0.5) is 0 Å². The Morgan fingerprint density at radius 2 is 2.08 bits per heavy atom. The van der Waals surface area contributed by atoms with Gasteiger partial charge in [0, 0.05) is 19.6 Å². The number of piperidine rings is 1. The Bertz CT molecular complexity index is 154. The molecule has 0 aromatic rings. The topological polar surface area (TPSA) is 49.5 Å². The molecule has 1 saturated heterocycles. The van der Waals surface area contributed by atoms with Crippen LogP contribution in [0.5, 0.6) is 0 Å². The lowest BCUT2D eigenvalue weighted by molar-refractivity contribution is -0.0315. The van der Waals surface area contributed by atoms with Crippen molar-refractivity contribution < 1.29 is 5.11 Å². The highest BCUT2D eigenvalue weighted by Gasteiger charge is 2.35. The van der Waals surface area contributed by atoms with E-state index in [0.717, 1.165) is 32.4 Å². The normalized spacial score (nSPS) is 25.8. The minimum Gasteiger partial charge on any atom is -0.388 e. The van der Waals surface area contributed by atoms with Crippen molar-refractivity contribution in [1.82, 2.24) is 4.42 Å². The molecule has 1 heterocycles. The Balaban J connectivity index is 2.51. The van der Waals surface area contributed by atoms with Gasteiger partial charge in [-0.1, -0.05) is 6.92 Å². The first kappa shape index (κ1) is 11.2. The first-order chi connectivity index (χ1) is 6.12. The summed E-state index contributed by atoms with van der Waals surface area (Å²) in [6.07, 6.45) is 2.63. The highest BCUT2D eigenvalue weighted by molar-refractivity contribution is 6.13. The second-order valence-electron chi connectivity index (χ2n) is 3.85. The smallest absolute Gasteiger partial charge is 0.0795 e. The lowest BCUT2D eigenvalue weighted by atomic mass is 9.79. The first-order valence-electron chi connectivity index (χ1n) is 4.95. The van der Waals surface area contributed by atoms with Gasteiger partial charge in [-0.05, 0) is 37.0 Å². The molecule has 1 fully saturated rings. The summed E-state index contributed by atoms with van der Waals surface area (Å²) in [5, 5.41) is 10.2. The molecule has 1 unspecified atom stereocenters. The standard InChI is InChI=1S/C9H19ClN2O/c1-2-9(13,7-11)8-3-5-12(10)6-4-8/h8,13H,2-7,11H2,1H3. The highest BCUT2D eigenvalue weighted by atomic mass is 35.5. The average molecular weight is 207 g/mol. The summed E-state index contributed by atoms with van der Waals surface area (Å²) >= 11 is 5.84. The predicted molar refractivity (Wildman–Crippen MR) is 54.4 cm³/mol. The molecule has 0 radical (unpaired) electrons. The third-order valence-electron chi connectivity index (χ3n) is 3.17. The van der Waals surface area contributed by atoms with Gasteiger partial charge in [0.1, 0.15) is 0 Å². The van der Waals surface area contributed by atoms with Gasteiger partial charge in [-0.25, -0.2) is 4.42 Å². The molecule has 0 amide bonds. The minimum absolute atomic E-state index is 0.317. The summed E-state index contributed by atoms with van der Waals surface area (Å²) in [6.45, 7) is 4.06. The summed E-state index contributed by atoms with van der Waals surface area (Å²) in [5.41, 5.74) is 4.92. The molecule has 1 atom stereocenters. The van der Waals surface area contributed by atoms with Crippen molar-refractivity contribution in [2.45, 2.75) is 31.8 Å². The molecule has 4 heteroatoms. The Kier molecular flexibility index (Phi) is 3.98. The number of rotatable bonds is 3. The maximum absolute atomic E-state index is 10.2. The fourth-order valence-corrected chi connectivity index (χ4v) is 2.18. The fourth-order valence-electron chi connectivity index (χ4n) is 1.99. The zero-order valence-corrected chi connectivity index (χ0v) is 8.93. The van der Waals surface area contributed by atoms with Crippen LogP contribution in [0.15, 0.2) is 0 Å². The molecular weight excluding hydrogens is 188 g/mol. The molecule has 0 saturated carbocycles. The van der Waals surface area contributed by atoms with Crippen LogP contribution in [0.2, 0.25) is 0 Å². The largest absolute Gasteiger partial charge is 0.388 e. The van der Waals surface area contributed by atoms with Crippen LogP contribution in [0.25, 0.3) is 0 Å². The summed E-state index contributed by atoms with van der Waals surface area (Å²) in [5.74, 6) is 0.317. The van der Waals surface area contributed by atoms with Gasteiger partial charge < -0.3 is 10.8 Å². The maximum Gasteiger partial charge on any atom is 0.0795 e. The van der Waals surface area contributed by atoms with Crippen LogP contribution < -0.4 is 5.73 Å². The molecule has 13 heavy (non-hydrogen) atoms. The monoisotopic (exact) mass is 206 g/mol. The van der Waals surface area contributed by atoms with Gasteiger partial charge in [0.15, 0.2) is 0 Å². The number of nitrogens with two attached hydrogens (primary N) is 1. The number of hydrogen-bond acceptors (Lipinski definition) is 3. The van der Waals surface area contributed by atoms with Crippen molar-refractivity contribution in [1.29, 1.82) is 0 Å². The summed E-state index contributed by atoms with van der Waals surface area (Å²) in [7, 11) is 0. The van der Waals surface area contributed by atoms with Gasteiger partial charge in [0.2, 0.25) is 0 Å². The van der Waals surface area contributed by atoms with E-state index in [0.29, 0.717) is 12.5 Å². The maximum atomic E-state index is 10.2. The van der Waals surface area contributed by atoms with Crippen molar-refractivity contribution in [3.05, 3.63) is 0 Å². The zero-order valence-electron chi connectivity index (χ0n) is 8.17. The first-order valence-corrected chi connectivity index (χ1v) is 5.29. The second kappa shape index (κ2) is 4.60. The number of halogens is 1. The molecule has 1 aliphatic heterocycles. The van der Waals surface area contributed by atoms with E-state index in [4.69, 9.17) is 17.5 Å². The van der Waals surface area contributed by atoms with E-state index < -0.39 is 5.60 Å². The Labute approximate surface area is 85.0 Å². The van der Waals surface area contributed by atoms with E-state index in [9.17, 15) is 5.11 Å². The van der Waals surface area contributed by atoms with Crippen LogP contribution in [0.1, 0.15) is 26.2 Å². The molecule has 78 valence electrons. The quantitative estimate of drug-likeness (QED) is 0.677. The van der Waals surface area contributed by atoms with Crippen LogP contribution in [0, 0.1) is 5.92 Å². The van der Waals surface area contributed by atoms with Gasteiger partial charge in [0.05, 0.1) is 5.60 Å². The number of nitrogens with zero attached hydrogens (tertiary/aromatic N) is 1. The molecule has 0 aliphatic carbocycles. The van der Waals surface area contributed by atoms with Crippen LogP contribution >= 0.6 is 11.8 Å². The number of aliphatic hydroxyl groups is 1. The second-order valence-corrected chi connectivity index (χ2v) is 4.32. The van der Waals surface area contributed by atoms with Gasteiger partial charge >= 0.3 is 0 Å². The van der Waals surface area contributed by atoms with Crippen LogP contribution in [-0.4, -0.2) is 34.8 Å². The van der Waals surface area contributed by atoms with Crippen molar-refractivity contribution in [3.63, 3.8) is 0 Å². The van der Waals surface area contributed by atoms with Crippen LogP contribution in [0.3, 0.4) is 0 Å². The van der Waals surface area contributed by atoms with E-state index in [1.54, 1.807) is 4.42 Å². The molecule has 3 nitrogen and oxygen atoms in total. The van der Waals surface area contributed by atoms with Gasteiger partial charge in [-0.2, -0.15) is 0 Å². The molecule has 0 aromatic heterocycles. The van der Waals surface area contributed by atoms with Gasteiger partial charge in [-0.3, -0.25) is 0 Å². The highest BCUT2D eigenvalue weighted by Crippen LogP contribution is 2.30. The lowest BCUT2D eigenvalue weighted by Gasteiger charge is -2.38. The summed E-state index contributed by atoms with van der Waals surface area (Å²) in [6, 6.07) is 0. The third-order valence-corrected chi connectivity index (χ3v) is 3.50. The fraction of sp³-hybridized carbons (Fsp3) is 1.00. The van der Waals surface area contributed by atoms with Crippen molar-refractivity contribution in [2.24, 2.45) is 11.7 Å². The minimum atomic E-state index is -0.669. The Hall–Kier alpha value is 0.170. The number of hydrogen-bond donors (Lipinski definition) is 2.